The summed E-state index contributed by atoms with van der Waals surface area (Å²) in [7, 11) is 0. The third-order valence-corrected chi connectivity index (χ3v) is 3.70. The van der Waals surface area contributed by atoms with Gasteiger partial charge in [0.2, 0.25) is 9.47 Å². The number of alkyl halides is 3. The van der Waals surface area contributed by atoms with Crippen LogP contribution in [0.25, 0.3) is 0 Å². The van der Waals surface area contributed by atoms with Gasteiger partial charge in [-0.05, 0) is 47.6 Å². The number of nitrogens with zero attached hydrogens (tertiary/aromatic N) is 2. The van der Waals surface area contributed by atoms with E-state index >= 15 is 0 Å². The number of anilines is 1. The third kappa shape index (κ3) is 4.36. The van der Waals surface area contributed by atoms with Crippen LogP contribution in [-0.4, -0.2) is 21.6 Å². The number of carbonyl (C=O) groups excluding carboxylic acids is 1. The maximum atomic E-state index is 12.1. The number of nitrogens with one attached hydrogen (secondary N) is 1. The van der Waals surface area contributed by atoms with Crippen LogP contribution in [-0.2, 0) is 0 Å². The van der Waals surface area contributed by atoms with Gasteiger partial charge >= 0.3 is 5.51 Å². The molecule has 10 heteroatoms. The molecule has 1 heterocycles. The van der Waals surface area contributed by atoms with Gasteiger partial charge in [0.15, 0.2) is 0 Å². The average Bonchev–Trinajstić information content (AvgIpc) is 2.77. The highest BCUT2D eigenvalue weighted by Crippen LogP contribution is 2.37. The largest absolute Gasteiger partial charge is 0.446 e. The summed E-state index contributed by atoms with van der Waals surface area (Å²) in [5, 5.41) is 9.58. The summed E-state index contributed by atoms with van der Waals surface area (Å²) in [4.78, 5) is 11.7. The lowest BCUT2D eigenvalue weighted by Gasteiger charge is -2.07. The van der Waals surface area contributed by atoms with Crippen LogP contribution < -0.4 is 5.32 Å². The van der Waals surface area contributed by atoms with Crippen LogP contribution in [0.1, 0.15) is 9.80 Å². The van der Waals surface area contributed by atoms with E-state index in [1.165, 1.54) is 24.3 Å². The van der Waals surface area contributed by atoms with Crippen LogP contribution in [0.15, 0.2) is 29.2 Å². The number of aromatic nitrogens is 2. The van der Waals surface area contributed by atoms with Gasteiger partial charge in [-0.25, -0.2) is 0 Å². The number of halogens is 4. The summed E-state index contributed by atoms with van der Waals surface area (Å²) in [6.45, 7) is 0. The van der Waals surface area contributed by atoms with Gasteiger partial charge in [0.05, 0.1) is 0 Å². The van der Waals surface area contributed by atoms with Crippen LogP contribution in [0, 0.1) is 0 Å². The minimum absolute atomic E-state index is 0.0365. The molecule has 1 aromatic carbocycles. The molecule has 2 rings (SSSR count). The first kappa shape index (κ1) is 15.1. The number of hydrogen-bond acceptors (Lipinski definition) is 5. The highest BCUT2D eigenvalue weighted by Gasteiger charge is 2.29. The van der Waals surface area contributed by atoms with Gasteiger partial charge in [-0.3, -0.25) is 4.79 Å². The quantitative estimate of drug-likeness (QED) is 0.857. The van der Waals surface area contributed by atoms with E-state index < -0.39 is 11.4 Å². The molecule has 0 unspecified atom stereocenters. The summed E-state index contributed by atoms with van der Waals surface area (Å²) in [5.41, 5.74) is -3.98. The first-order chi connectivity index (χ1) is 9.33. The van der Waals surface area contributed by atoms with Gasteiger partial charge < -0.3 is 5.32 Å². The Labute approximate surface area is 124 Å². The molecule has 0 radical (unpaired) electrons. The maximum Gasteiger partial charge on any atom is 0.446 e. The maximum absolute atomic E-state index is 12.1. The lowest BCUT2D eigenvalue weighted by Crippen LogP contribution is -2.11. The lowest BCUT2D eigenvalue weighted by molar-refractivity contribution is -0.0328. The van der Waals surface area contributed by atoms with Crippen LogP contribution in [0.4, 0.5) is 18.9 Å². The topological polar surface area (TPSA) is 54.9 Å². The molecule has 0 bridgehead atoms. The molecule has 4 nitrogen and oxygen atoms in total. The van der Waals surface area contributed by atoms with E-state index in [4.69, 9.17) is 11.6 Å². The Bertz CT molecular complexity index is 615. The Kier molecular flexibility index (Phi) is 4.51. The number of hydrogen-bond donors (Lipinski definition) is 1. The van der Waals surface area contributed by atoms with Crippen molar-refractivity contribution in [1.82, 2.24) is 10.2 Å². The summed E-state index contributed by atoms with van der Waals surface area (Å²) >= 11 is 6.23. The first-order valence-corrected chi connectivity index (χ1v) is 7.01. The second kappa shape index (κ2) is 5.98. The molecule has 0 saturated carbocycles. The van der Waals surface area contributed by atoms with Gasteiger partial charge in [0.1, 0.15) is 0 Å². The van der Waals surface area contributed by atoms with Crippen molar-refractivity contribution in [3.63, 3.8) is 0 Å². The molecule has 0 atom stereocenters. The fraction of sp³-hybridized carbons (Fsp3) is 0.100. The van der Waals surface area contributed by atoms with Crippen molar-refractivity contribution >= 4 is 46.3 Å². The number of carbonyl (C=O) groups is 1. The number of thioether (sulfide) groups is 1. The van der Waals surface area contributed by atoms with Gasteiger partial charge in [-0.2, -0.15) is 13.2 Å². The van der Waals surface area contributed by atoms with E-state index in [2.05, 4.69) is 15.5 Å². The Balaban J connectivity index is 2.02. The van der Waals surface area contributed by atoms with Crippen molar-refractivity contribution in [2.24, 2.45) is 0 Å². The minimum atomic E-state index is -4.34. The van der Waals surface area contributed by atoms with E-state index in [1.807, 2.05) is 0 Å². The Morgan fingerprint density at radius 3 is 2.40 bits per heavy atom. The number of rotatable bonds is 3. The smallest absolute Gasteiger partial charge is 0.320 e. The second-order valence-corrected chi connectivity index (χ2v) is 6.08. The molecular weight excluding hydrogens is 335 g/mol. The van der Waals surface area contributed by atoms with E-state index in [-0.39, 0.29) is 26.1 Å². The van der Waals surface area contributed by atoms with Crippen LogP contribution in [0.3, 0.4) is 0 Å². The Hall–Kier alpha value is -1.32. The number of amides is 1. The molecule has 0 aliphatic heterocycles. The fourth-order valence-electron chi connectivity index (χ4n) is 1.22. The minimum Gasteiger partial charge on any atom is -0.320 e. The summed E-state index contributed by atoms with van der Waals surface area (Å²) in [6.07, 6.45) is 0. The van der Waals surface area contributed by atoms with Gasteiger partial charge in [0, 0.05) is 10.6 Å². The van der Waals surface area contributed by atoms with Crippen LogP contribution in [0.5, 0.6) is 0 Å². The molecular formula is C10H5ClF3N3OS2. The molecule has 0 aliphatic carbocycles. The fourth-order valence-corrected chi connectivity index (χ4v) is 2.48. The molecule has 1 N–H and O–H groups in total. The van der Waals surface area contributed by atoms with Gasteiger partial charge in [-0.1, -0.05) is 11.3 Å². The van der Waals surface area contributed by atoms with Crippen molar-refractivity contribution in [3.8, 4) is 0 Å². The van der Waals surface area contributed by atoms with Crippen LogP contribution >= 0.6 is 34.7 Å². The van der Waals surface area contributed by atoms with Crippen LogP contribution in [0.2, 0.25) is 4.47 Å². The van der Waals surface area contributed by atoms with Crippen molar-refractivity contribution in [2.45, 2.75) is 10.4 Å². The highest BCUT2D eigenvalue weighted by molar-refractivity contribution is 8.00. The standard InChI is InChI=1S/C10H5ClF3N3OS2/c11-9-17-16-8(19-9)7(18)15-5-1-3-6(4-2-5)20-10(12,13)14/h1-4H,(H,15,18). The lowest BCUT2D eigenvalue weighted by atomic mass is 10.3. The molecule has 20 heavy (non-hydrogen) atoms. The predicted molar refractivity (Wildman–Crippen MR) is 71.2 cm³/mol. The molecule has 1 aromatic heterocycles. The SMILES string of the molecule is O=C(Nc1ccc(SC(F)(F)F)cc1)c1nnc(Cl)s1. The van der Waals surface area contributed by atoms with Crippen molar-refractivity contribution in [3.05, 3.63) is 33.7 Å². The normalized spacial score (nSPS) is 11.4. The summed E-state index contributed by atoms with van der Waals surface area (Å²) < 4.78 is 36.6. The Morgan fingerprint density at radius 1 is 1.25 bits per heavy atom. The zero-order chi connectivity index (χ0) is 14.8. The molecule has 0 fully saturated rings. The molecule has 0 saturated heterocycles. The highest BCUT2D eigenvalue weighted by atomic mass is 35.5. The Morgan fingerprint density at radius 2 is 1.90 bits per heavy atom. The van der Waals surface area contributed by atoms with E-state index in [0.29, 0.717) is 5.69 Å². The van der Waals surface area contributed by atoms with Crippen molar-refractivity contribution in [1.29, 1.82) is 0 Å². The summed E-state index contributed by atoms with van der Waals surface area (Å²) in [5.74, 6) is -0.523. The van der Waals surface area contributed by atoms with E-state index in [1.54, 1.807) is 0 Å². The van der Waals surface area contributed by atoms with Gasteiger partial charge in [0.25, 0.3) is 5.91 Å². The first-order valence-electron chi connectivity index (χ1n) is 5.00. The molecule has 0 aliphatic rings. The predicted octanol–water partition coefficient (Wildman–Crippen LogP) is 4.06. The van der Waals surface area contributed by atoms with Gasteiger partial charge in [-0.15, -0.1) is 10.2 Å². The molecule has 106 valence electrons. The van der Waals surface area contributed by atoms with E-state index in [9.17, 15) is 18.0 Å². The monoisotopic (exact) mass is 339 g/mol. The van der Waals surface area contributed by atoms with E-state index in [0.717, 1.165) is 11.3 Å². The summed E-state index contributed by atoms with van der Waals surface area (Å²) in [6, 6.07) is 5.27. The second-order valence-electron chi connectivity index (χ2n) is 3.39. The average molecular weight is 340 g/mol. The third-order valence-electron chi connectivity index (χ3n) is 1.94. The zero-order valence-electron chi connectivity index (χ0n) is 9.44. The number of benzene rings is 1. The zero-order valence-corrected chi connectivity index (χ0v) is 11.8. The van der Waals surface area contributed by atoms with Crippen molar-refractivity contribution < 1.29 is 18.0 Å². The molecule has 2 aromatic rings. The molecule has 0 spiro atoms. The van der Waals surface area contributed by atoms with Crippen molar-refractivity contribution in [2.75, 3.05) is 5.32 Å². The molecule has 1 amide bonds.